The van der Waals surface area contributed by atoms with Crippen LogP contribution in [-0.4, -0.2) is 34.2 Å². The summed E-state index contributed by atoms with van der Waals surface area (Å²) in [6.07, 6.45) is 9.37. The summed E-state index contributed by atoms with van der Waals surface area (Å²) in [6.45, 7) is 3.98. The third-order valence-electron chi connectivity index (χ3n) is 8.81. The number of aliphatic carboxylic acids is 1. The van der Waals surface area contributed by atoms with Crippen molar-refractivity contribution in [3.8, 4) is 5.75 Å². The molecular weight excluding hydrogens is 429 g/mol. The number of alkyl halides is 1. The van der Waals surface area contributed by atoms with Gasteiger partial charge in [-0.1, -0.05) is 31.5 Å². The van der Waals surface area contributed by atoms with Crippen molar-refractivity contribution in [3.05, 3.63) is 41.5 Å². The van der Waals surface area contributed by atoms with E-state index in [-0.39, 0.29) is 18.1 Å². The van der Waals surface area contributed by atoms with E-state index in [1.165, 1.54) is 24.8 Å². The Morgan fingerprint density at radius 1 is 1.09 bits per heavy atom. The van der Waals surface area contributed by atoms with Crippen molar-refractivity contribution in [2.45, 2.75) is 103 Å². The third kappa shape index (κ3) is 4.56. The van der Waals surface area contributed by atoms with Crippen LogP contribution < -0.4 is 4.74 Å². The number of rotatable bonds is 6. The number of hydrogen-bond donors (Lipinski definition) is 1. The fraction of sp³-hybridized carbons (Fsp3) is 0.621. The Labute approximate surface area is 202 Å². The Bertz CT molecular complexity index is 1020. The van der Waals surface area contributed by atoms with Crippen LogP contribution in [0.4, 0.5) is 4.39 Å². The van der Waals surface area contributed by atoms with Gasteiger partial charge in [0.25, 0.3) is 0 Å². The Balaban J connectivity index is 1.42. The number of ether oxygens (including phenoxy) is 1. The summed E-state index contributed by atoms with van der Waals surface area (Å²) in [4.78, 5) is 14.2. The molecule has 2 saturated heterocycles. The lowest BCUT2D eigenvalue weighted by atomic mass is 9.77. The molecule has 184 valence electrons. The first-order chi connectivity index (χ1) is 16.4. The lowest BCUT2D eigenvalue weighted by Crippen LogP contribution is -2.53. The number of fused-ring (bicyclic) bond motifs is 3. The van der Waals surface area contributed by atoms with E-state index < -0.39 is 12.6 Å². The van der Waals surface area contributed by atoms with E-state index in [4.69, 9.17) is 4.74 Å². The molecule has 2 aliphatic heterocycles. The van der Waals surface area contributed by atoms with Crippen LogP contribution in [0.3, 0.4) is 0 Å². The maximum atomic E-state index is 14.4. The second-order valence-electron chi connectivity index (χ2n) is 11.0. The van der Waals surface area contributed by atoms with Crippen LogP contribution in [0.15, 0.2) is 30.3 Å². The van der Waals surface area contributed by atoms with E-state index >= 15 is 0 Å². The molecule has 2 heterocycles. The minimum absolute atomic E-state index is 0.173. The molecule has 34 heavy (non-hydrogen) atoms. The van der Waals surface area contributed by atoms with Gasteiger partial charge in [-0.25, -0.2) is 4.39 Å². The lowest BCUT2D eigenvalue weighted by Gasteiger charge is -2.51. The van der Waals surface area contributed by atoms with Crippen LogP contribution in [0.5, 0.6) is 5.75 Å². The van der Waals surface area contributed by atoms with Gasteiger partial charge in [0.2, 0.25) is 0 Å². The number of halogens is 1. The quantitative estimate of drug-likeness (QED) is 0.495. The average Bonchev–Trinajstić information content (AvgIpc) is 2.83. The molecule has 4 nitrogen and oxygen atoms in total. The molecule has 1 N–H and O–H groups in total. The number of carboxylic acid groups (broad SMARTS) is 1. The molecule has 0 spiro atoms. The normalized spacial score (nSPS) is 30.7. The van der Waals surface area contributed by atoms with Gasteiger partial charge in [-0.2, -0.15) is 0 Å². The molecule has 0 radical (unpaired) electrons. The van der Waals surface area contributed by atoms with Crippen molar-refractivity contribution in [1.82, 2.24) is 4.90 Å². The highest BCUT2D eigenvalue weighted by Gasteiger charge is 2.42. The van der Waals surface area contributed by atoms with Crippen LogP contribution in [0.2, 0.25) is 0 Å². The van der Waals surface area contributed by atoms with E-state index in [9.17, 15) is 14.3 Å². The van der Waals surface area contributed by atoms with Crippen molar-refractivity contribution >= 4 is 16.7 Å². The molecular formula is C29H38FNO3. The maximum absolute atomic E-state index is 14.4. The summed E-state index contributed by atoms with van der Waals surface area (Å²) >= 11 is 0. The summed E-state index contributed by atoms with van der Waals surface area (Å²) in [5, 5.41) is 11.6. The summed E-state index contributed by atoms with van der Waals surface area (Å²) in [5.41, 5.74) is 1.84. The van der Waals surface area contributed by atoms with Crippen LogP contribution in [0.25, 0.3) is 10.8 Å². The minimum atomic E-state index is -0.651. The van der Waals surface area contributed by atoms with Gasteiger partial charge in [0, 0.05) is 23.7 Å². The molecule has 2 aromatic rings. The Kier molecular flexibility index (Phi) is 6.83. The monoisotopic (exact) mass is 467 g/mol. The first-order valence-electron chi connectivity index (χ1n) is 13.2. The molecule has 2 aromatic carbocycles. The standard InChI is InChI=1S/C29H38FNO3/c1-18-6-11-25(12-7-18)34-28-13-10-20-8-9-21(16-26(20)27(28)17-30)19(2)31-23-4-3-5-24(31)15-22(14-23)29(32)33/h8-10,13,16,18-19,22-25H,3-7,11-12,14-15,17H2,1-2H3,(H,32,33). The summed E-state index contributed by atoms with van der Waals surface area (Å²) < 4.78 is 20.7. The SMILES string of the molecule is CC1CCC(Oc2ccc3ccc(C(C)N4C5CCCC4CC(C(=O)O)C5)cc3c2CF)CC1. The molecule has 3 atom stereocenters. The highest BCUT2D eigenvalue weighted by molar-refractivity contribution is 5.88. The largest absolute Gasteiger partial charge is 0.490 e. The van der Waals surface area contributed by atoms with E-state index in [1.807, 2.05) is 6.07 Å². The minimum Gasteiger partial charge on any atom is -0.490 e. The van der Waals surface area contributed by atoms with Crippen LogP contribution in [0, 0.1) is 11.8 Å². The van der Waals surface area contributed by atoms with Gasteiger partial charge in [0.1, 0.15) is 12.4 Å². The Morgan fingerprint density at radius 2 is 1.76 bits per heavy atom. The summed E-state index contributed by atoms with van der Waals surface area (Å²) in [6, 6.07) is 11.2. The molecule has 5 rings (SSSR count). The van der Waals surface area contributed by atoms with Crippen molar-refractivity contribution in [2.75, 3.05) is 0 Å². The van der Waals surface area contributed by atoms with E-state index in [0.717, 1.165) is 55.2 Å². The Morgan fingerprint density at radius 3 is 2.41 bits per heavy atom. The van der Waals surface area contributed by atoms with Crippen molar-refractivity contribution < 1.29 is 19.0 Å². The van der Waals surface area contributed by atoms with Crippen LogP contribution in [0.1, 0.15) is 88.8 Å². The van der Waals surface area contributed by atoms with Gasteiger partial charge in [-0.15, -0.1) is 0 Å². The molecule has 0 aromatic heterocycles. The number of carbonyl (C=O) groups is 1. The smallest absolute Gasteiger partial charge is 0.306 e. The second-order valence-corrected chi connectivity index (χ2v) is 11.0. The number of carboxylic acids is 1. The molecule has 2 bridgehead atoms. The number of hydrogen-bond acceptors (Lipinski definition) is 3. The van der Waals surface area contributed by atoms with Crippen molar-refractivity contribution in [3.63, 3.8) is 0 Å². The molecule has 1 aliphatic carbocycles. The molecule has 3 unspecified atom stereocenters. The van der Waals surface area contributed by atoms with Gasteiger partial charge in [-0.05, 0) is 92.7 Å². The van der Waals surface area contributed by atoms with E-state index in [2.05, 4.69) is 43.0 Å². The second kappa shape index (κ2) is 9.85. The highest BCUT2D eigenvalue weighted by atomic mass is 19.1. The van der Waals surface area contributed by atoms with Gasteiger partial charge in [-0.3, -0.25) is 9.69 Å². The predicted molar refractivity (Wildman–Crippen MR) is 133 cm³/mol. The highest BCUT2D eigenvalue weighted by Crippen LogP contribution is 2.43. The predicted octanol–water partition coefficient (Wildman–Crippen LogP) is 7.05. The van der Waals surface area contributed by atoms with Crippen LogP contribution >= 0.6 is 0 Å². The molecule has 3 aliphatic rings. The van der Waals surface area contributed by atoms with Gasteiger partial charge in [0.15, 0.2) is 0 Å². The number of benzene rings is 2. The van der Waals surface area contributed by atoms with E-state index in [0.29, 0.717) is 23.4 Å². The van der Waals surface area contributed by atoms with Crippen LogP contribution in [-0.2, 0) is 11.5 Å². The van der Waals surface area contributed by atoms with Crippen molar-refractivity contribution in [2.24, 2.45) is 11.8 Å². The molecule has 5 heteroatoms. The zero-order valence-electron chi connectivity index (χ0n) is 20.5. The number of piperidine rings is 2. The fourth-order valence-electron chi connectivity index (χ4n) is 6.84. The molecule has 3 fully saturated rings. The number of nitrogens with zero attached hydrogens (tertiary/aromatic N) is 1. The van der Waals surface area contributed by atoms with Crippen molar-refractivity contribution in [1.29, 1.82) is 0 Å². The summed E-state index contributed by atoms with van der Waals surface area (Å²) in [7, 11) is 0. The summed E-state index contributed by atoms with van der Waals surface area (Å²) in [5.74, 6) is 0.568. The molecule has 0 amide bonds. The first-order valence-corrected chi connectivity index (χ1v) is 13.2. The lowest BCUT2D eigenvalue weighted by molar-refractivity contribution is -0.147. The average molecular weight is 468 g/mol. The maximum Gasteiger partial charge on any atom is 0.306 e. The topological polar surface area (TPSA) is 49.8 Å². The Hall–Kier alpha value is -2.14. The van der Waals surface area contributed by atoms with E-state index in [1.54, 1.807) is 0 Å². The van der Waals surface area contributed by atoms with Gasteiger partial charge in [0.05, 0.1) is 12.0 Å². The van der Waals surface area contributed by atoms with Gasteiger partial charge < -0.3 is 9.84 Å². The zero-order valence-corrected chi connectivity index (χ0v) is 20.5. The first kappa shape index (κ1) is 23.6. The zero-order chi connectivity index (χ0) is 23.8. The third-order valence-corrected chi connectivity index (χ3v) is 8.81. The van der Waals surface area contributed by atoms with Gasteiger partial charge >= 0.3 is 5.97 Å². The molecule has 1 saturated carbocycles. The fourth-order valence-corrected chi connectivity index (χ4v) is 6.84.